The predicted molar refractivity (Wildman–Crippen MR) is 109 cm³/mol. The van der Waals surface area contributed by atoms with Crippen LogP contribution in [-0.2, 0) is 13.1 Å². The first-order valence-electron chi connectivity index (χ1n) is 8.92. The molecule has 3 aromatic rings. The first-order valence-corrected chi connectivity index (χ1v) is 9.68. The SMILES string of the molecule is OCCCCNCc1nn(Cc2ccc(Cl)c(Cl)c2)nc1-c1ccccc1. The van der Waals surface area contributed by atoms with E-state index >= 15 is 0 Å². The van der Waals surface area contributed by atoms with Crippen LogP contribution in [-0.4, -0.2) is 33.3 Å². The highest BCUT2D eigenvalue weighted by Crippen LogP contribution is 2.24. The Balaban J connectivity index is 1.79. The van der Waals surface area contributed by atoms with E-state index < -0.39 is 0 Å². The first kappa shape index (κ1) is 19.8. The van der Waals surface area contributed by atoms with Gasteiger partial charge in [0.25, 0.3) is 0 Å². The monoisotopic (exact) mass is 404 g/mol. The van der Waals surface area contributed by atoms with Crippen molar-refractivity contribution < 1.29 is 5.11 Å². The van der Waals surface area contributed by atoms with Gasteiger partial charge in [0.15, 0.2) is 0 Å². The van der Waals surface area contributed by atoms with Gasteiger partial charge in [-0.15, -0.1) is 0 Å². The molecule has 0 aliphatic carbocycles. The van der Waals surface area contributed by atoms with Crippen LogP contribution in [0.3, 0.4) is 0 Å². The lowest BCUT2D eigenvalue weighted by Crippen LogP contribution is -2.16. The third kappa shape index (κ3) is 5.53. The quantitative estimate of drug-likeness (QED) is 0.525. The zero-order chi connectivity index (χ0) is 19.1. The van der Waals surface area contributed by atoms with Crippen molar-refractivity contribution in [1.82, 2.24) is 20.3 Å². The van der Waals surface area contributed by atoms with E-state index in [2.05, 4.69) is 10.4 Å². The van der Waals surface area contributed by atoms with Crippen LogP contribution in [0, 0.1) is 0 Å². The van der Waals surface area contributed by atoms with Gasteiger partial charge in [-0.2, -0.15) is 15.0 Å². The Morgan fingerprint density at radius 2 is 1.78 bits per heavy atom. The number of hydrogen-bond acceptors (Lipinski definition) is 4. The fraction of sp³-hybridized carbons (Fsp3) is 0.300. The van der Waals surface area contributed by atoms with Crippen LogP contribution in [0.15, 0.2) is 48.5 Å². The fourth-order valence-electron chi connectivity index (χ4n) is 2.76. The summed E-state index contributed by atoms with van der Waals surface area (Å²) < 4.78 is 0. The lowest BCUT2D eigenvalue weighted by molar-refractivity contribution is 0.283. The largest absolute Gasteiger partial charge is 0.396 e. The molecule has 27 heavy (non-hydrogen) atoms. The molecule has 1 aromatic heterocycles. The van der Waals surface area contributed by atoms with Crippen molar-refractivity contribution in [3.05, 3.63) is 69.8 Å². The van der Waals surface area contributed by atoms with Gasteiger partial charge < -0.3 is 10.4 Å². The average Bonchev–Trinajstić information content (AvgIpc) is 3.08. The second kappa shape index (κ2) is 9.85. The number of halogens is 2. The van der Waals surface area contributed by atoms with Crippen LogP contribution in [0.25, 0.3) is 11.3 Å². The van der Waals surface area contributed by atoms with Crippen molar-refractivity contribution in [2.45, 2.75) is 25.9 Å². The van der Waals surface area contributed by atoms with Gasteiger partial charge in [0, 0.05) is 18.7 Å². The molecule has 0 radical (unpaired) electrons. The number of aliphatic hydroxyl groups is 1. The topological polar surface area (TPSA) is 63.0 Å². The van der Waals surface area contributed by atoms with E-state index in [0.717, 1.165) is 41.9 Å². The number of nitrogens with one attached hydrogen (secondary N) is 1. The minimum Gasteiger partial charge on any atom is -0.396 e. The van der Waals surface area contributed by atoms with Gasteiger partial charge in [0.1, 0.15) is 11.4 Å². The van der Waals surface area contributed by atoms with Crippen molar-refractivity contribution >= 4 is 23.2 Å². The average molecular weight is 405 g/mol. The standard InChI is InChI=1S/C20H22Cl2N4O/c21-17-9-8-15(12-18(17)22)14-26-24-19(13-23-10-4-5-11-27)20(25-26)16-6-2-1-3-7-16/h1-3,6-9,12,23,27H,4-5,10-11,13-14H2. The van der Waals surface area contributed by atoms with Crippen LogP contribution in [0.1, 0.15) is 24.1 Å². The summed E-state index contributed by atoms with van der Waals surface area (Å²) in [5.74, 6) is 0. The Morgan fingerprint density at radius 3 is 2.52 bits per heavy atom. The number of aromatic nitrogens is 3. The van der Waals surface area contributed by atoms with Crippen molar-refractivity contribution in [3.8, 4) is 11.3 Å². The van der Waals surface area contributed by atoms with E-state index in [4.69, 9.17) is 33.4 Å². The van der Waals surface area contributed by atoms with Gasteiger partial charge >= 0.3 is 0 Å². The maximum absolute atomic E-state index is 8.88. The second-order valence-corrected chi connectivity index (χ2v) is 7.06. The lowest BCUT2D eigenvalue weighted by atomic mass is 10.1. The molecule has 0 atom stereocenters. The van der Waals surface area contributed by atoms with Crippen molar-refractivity contribution in [3.63, 3.8) is 0 Å². The van der Waals surface area contributed by atoms with Gasteiger partial charge in [0.2, 0.25) is 0 Å². The van der Waals surface area contributed by atoms with Gasteiger partial charge in [-0.3, -0.25) is 0 Å². The summed E-state index contributed by atoms with van der Waals surface area (Å²) >= 11 is 12.1. The fourth-order valence-corrected chi connectivity index (χ4v) is 3.08. The molecule has 142 valence electrons. The molecule has 1 heterocycles. The van der Waals surface area contributed by atoms with Gasteiger partial charge in [-0.25, -0.2) is 0 Å². The summed E-state index contributed by atoms with van der Waals surface area (Å²) in [7, 11) is 0. The van der Waals surface area contributed by atoms with E-state index in [-0.39, 0.29) is 6.61 Å². The molecule has 0 saturated carbocycles. The lowest BCUT2D eigenvalue weighted by Gasteiger charge is -2.03. The number of unbranched alkanes of at least 4 members (excludes halogenated alkanes) is 1. The Bertz CT molecular complexity index is 868. The summed E-state index contributed by atoms with van der Waals surface area (Å²) in [4.78, 5) is 1.69. The second-order valence-electron chi connectivity index (χ2n) is 6.25. The highest BCUT2D eigenvalue weighted by atomic mass is 35.5. The number of nitrogens with zero attached hydrogens (tertiary/aromatic N) is 3. The predicted octanol–water partition coefficient (Wildman–Crippen LogP) is 4.16. The molecule has 0 fully saturated rings. The maximum atomic E-state index is 8.88. The Morgan fingerprint density at radius 1 is 0.963 bits per heavy atom. The molecule has 3 rings (SSSR count). The van der Waals surface area contributed by atoms with Gasteiger partial charge in [0.05, 0.1) is 16.6 Å². The summed E-state index contributed by atoms with van der Waals surface area (Å²) in [6, 6.07) is 15.6. The first-order chi connectivity index (χ1) is 13.2. The third-order valence-corrected chi connectivity index (χ3v) is 4.87. The van der Waals surface area contributed by atoms with Crippen LogP contribution in [0.5, 0.6) is 0 Å². The number of aliphatic hydroxyl groups excluding tert-OH is 1. The summed E-state index contributed by atoms with van der Waals surface area (Å²) in [5, 5.41) is 22.7. The van der Waals surface area contributed by atoms with Gasteiger partial charge in [-0.05, 0) is 37.1 Å². The molecular weight excluding hydrogens is 383 g/mol. The van der Waals surface area contributed by atoms with E-state index in [1.165, 1.54) is 0 Å². The molecule has 0 bridgehead atoms. The zero-order valence-corrected chi connectivity index (χ0v) is 16.4. The van der Waals surface area contributed by atoms with Crippen molar-refractivity contribution in [1.29, 1.82) is 0 Å². The molecule has 0 unspecified atom stereocenters. The van der Waals surface area contributed by atoms with Crippen LogP contribution >= 0.6 is 23.2 Å². The molecule has 0 aliphatic heterocycles. The van der Waals surface area contributed by atoms with Crippen LogP contribution in [0.2, 0.25) is 10.0 Å². The molecule has 7 heteroatoms. The third-order valence-electron chi connectivity index (χ3n) is 4.13. The Hall–Kier alpha value is -1.92. The zero-order valence-electron chi connectivity index (χ0n) is 14.9. The van der Waals surface area contributed by atoms with E-state index in [1.54, 1.807) is 10.9 Å². The Kier molecular flexibility index (Phi) is 7.24. The molecule has 2 aromatic carbocycles. The molecule has 0 spiro atoms. The molecule has 2 N–H and O–H groups in total. The van der Waals surface area contributed by atoms with E-state index in [0.29, 0.717) is 23.1 Å². The summed E-state index contributed by atoms with van der Waals surface area (Å²) in [6.07, 6.45) is 1.72. The number of rotatable bonds is 9. The van der Waals surface area contributed by atoms with Crippen molar-refractivity contribution in [2.75, 3.05) is 13.2 Å². The van der Waals surface area contributed by atoms with Crippen molar-refractivity contribution in [2.24, 2.45) is 0 Å². The molecule has 0 amide bonds. The highest BCUT2D eigenvalue weighted by Gasteiger charge is 2.13. The van der Waals surface area contributed by atoms with E-state index in [1.807, 2.05) is 42.5 Å². The molecule has 0 saturated heterocycles. The van der Waals surface area contributed by atoms with Crippen LogP contribution < -0.4 is 5.32 Å². The minimum atomic E-state index is 0.219. The maximum Gasteiger partial charge on any atom is 0.117 e. The summed E-state index contributed by atoms with van der Waals surface area (Å²) in [5.41, 5.74) is 3.78. The highest BCUT2D eigenvalue weighted by molar-refractivity contribution is 6.42. The normalized spacial score (nSPS) is 11.1. The van der Waals surface area contributed by atoms with Gasteiger partial charge in [-0.1, -0.05) is 59.6 Å². The molecule has 5 nitrogen and oxygen atoms in total. The smallest absolute Gasteiger partial charge is 0.117 e. The number of benzene rings is 2. The molecular formula is C20H22Cl2N4O. The minimum absolute atomic E-state index is 0.219. The summed E-state index contributed by atoms with van der Waals surface area (Å²) in [6.45, 7) is 2.18. The molecule has 0 aliphatic rings. The van der Waals surface area contributed by atoms with Crippen LogP contribution in [0.4, 0.5) is 0 Å². The van der Waals surface area contributed by atoms with E-state index in [9.17, 15) is 0 Å². The number of hydrogen-bond donors (Lipinski definition) is 2. The Labute approximate surface area is 168 Å².